The number of nitrogens with zero attached hydrogens (tertiary/aromatic N) is 1. The van der Waals surface area contributed by atoms with Gasteiger partial charge in [0.25, 0.3) is 0 Å². The first-order valence-electron chi connectivity index (χ1n) is 8.43. The average molecular weight is 328 g/mol. The van der Waals surface area contributed by atoms with Crippen molar-refractivity contribution in [3.8, 4) is 0 Å². The predicted octanol–water partition coefficient (Wildman–Crippen LogP) is 4.56. The molecule has 0 unspecified atom stereocenters. The molecule has 3 nitrogen and oxygen atoms in total. The molecule has 4 rings (SSSR count). The first-order valence-corrected chi connectivity index (χ1v) is 8.43. The molecule has 25 heavy (non-hydrogen) atoms. The third-order valence-corrected chi connectivity index (χ3v) is 5.11. The Hall–Kier alpha value is -3.07. The molecule has 0 atom stereocenters. The lowest BCUT2D eigenvalue weighted by Gasteiger charge is -2.12. The van der Waals surface area contributed by atoms with E-state index in [1.54, 1.807) is 6.07 Å². The third-order valence-electron chi connectivity index (χ3n) is 5.11. The van der Waals surface area contributed by atoms with E-state index in [2.05, 4.69) is 54.8 Å². The number of para-hydroxylation sites is 1. The highest BCUT2D eigenvalue weighted by Gasteiger charge is 2.16. The van der Waals surface area contributed by atoms with E-state index >= 15 is 0 Å². The number of carbonyl (C=O) groups excluding carboxylic acids is 1. The molecule has 1 amide bonds. The Morgan fingerprint density at radius 3 is 2.44 bits per heavy atom. The van der Waals surface area contributed by atoms with Gasteiger partial charge in [-0.1, -0.05) is 42.5 Å². The predicted molar refractivity (Wildman–Crippen MR) is 103 cm³/mol. The topological polar surface area (TPSA) is 48.0 Å². The fourth-order valence-corrected chi connectivity index (χ4v) is 3.63. The van der Waals surface area contributed by atoms with Crippen LogP contribution < -0.4 is 5.73 Å². The van der Waals surface area contributed by atoms with Crippen LogP contribution in [0.3, 0.4) is 0 Å². The van der Waals surface area contributed by atoms with E-state index in [0.717, 1.165) is 28.4 Å². The molecule has 4 aromatic rings. The molecule has 0 radical (unpaired) electrons. The number of aromatic nitrogens is 1. The van der Waals surface area contributed by atoms with Gasteiger partial charge in [0.1, 0.15) is 0 Å². The number of amides is 1. The molecule has 0 saturated heterocycles. The van der Waals surface area contributed by atoms with E-state index < -0.39 is 0 Å². The minimum Gasteiger partial charge on any atom is -0.366 e. The molecule has 124 valence electrons. The molecule has 2 N–H and O–H groups in total. The highest BCUT2D eigenvalue weighted by Crippen LogP contribution is 2.32. The fourth-order valence-electron chi connectivity index (χ4n) is 3.63. The second-order valence-electron chi connectivity index (χ2n) is 6.53. The molecule has 3 aromatic carbocycles. The van der Waals surface area contributed by atoms with Crippen molar-refractivity contribution in [2.24, 2.45) is 5.73 Å². The Morgan fingerprint density at radius 1 is 0.920 bits per heavy atom. The maximum atomic E-state index is 11.9. The summed E-state index contributed by atoms with van der Waals surface area (Å²) in [4.78, 5) is 11.9. The zero-order chi connectivity index (χ0) is 17.6. The monoisotopic (exact) mass is 328 g/mol. The Kier molecular flexibility index (Phi) is 3.57. The van der Waals surface area contributed by atoms with Crippen molar-refractivity contribution in [2.75, 3.05) is 0 Å². The molecule has 0 aliphatic carbocycles. The minimum absolute atomic E-state index is 0.389. The Balaban J connectivity index is 2.04. The van der Waals surface area contributed by atoms with Crippen molar-refractivity contribution in [1.29, 1.82) is 0 Å². The van der Waals surface area contributed by atoms with E-state index in [1.165, 1.54) is 16.7 Å². The third kappa shape index (κ3) is 2.40. The van der Waals surface area contributed by atoms with Crippen molar-refractivity contribution in [1.82, 2.24) is 4.57 Å². The van der Waals surface area contributed by atoms with E-state index in [4.69, 9.17) is 5.73 Å². The molecular weight excluding hydrogens is 308 g/mol. The average Bonchev–Trinajstić information content (AvgIpc) is 2.93. The van der Waals surface area contributed by atoms with E-state index in [1.807, 2.05) is 18.2 Å². The molecule has 0 spiro atoms. The van der Waals surface area contributed by atoms with Crippen molar-refractivity contribution in [3.05, 3.63) is 82.9 Å². The Morgan fingerprint density at radius 2 is 1.64 bits per heavy atom. The van der Waals surface area contributed by atoms with Crippen LogP contribution in [-0.4, -0.2) is 10.5 Å². The molecule has 0 aliphatic heterocycles. The zero-order valence-corrected chi connectivity index (χ0v) is 14.4. The summed E-state index contributed by atoms with van der Waals surface area (Å²) in [5.74, 6) is -0.389. The second kappa shape index (κ2) is 5.78. The lowest BCUT2D eigenvalue weighted by molar-refractivity contribution is 0.100. The first-order chi connectivity index (χ1) is 12.1. The molecule has 0 bridgehead atoms. The number of benzene rings is 3. The van der Waals surface area contributed by atoms with Gasteiger partial charge >= 0.3 is 0 Å². The molecule has 0 saturated carbocycles. The number of aryl methyl sites for hydroxylation is 1. The van der Waals surface area contributed by atoms with Crippen LogP contribution in [0.1, 0.15) is 27.0 Å². The molecule has 0 fully saturated rings. The van der Waals surface area contributed by atoms with E-state index in [-0.39, 0.29) is 5.91 Å². The van der Waals surface area contributed by atoms with Gasteiger partial charge < -0.3 is 10.3 Å². The minimum atomic E-state index is -0.389. The molecule has 0 aliphatic rings. The summed E-state index contributed by atoms with van der Waals surface area (Å²) in [6, 6.07) is 20.4. The smallest absolute Gasteiger partial charge is 0.249 e. The van der Waals surface area contributed by atoms with E-state index in [9.17, 15) is 4.79 Å². The lowest BCUT2D eigenvalue weighted by Crippen LogP contribution is -2.11. The van der Waals surface area contributed by atoms with Gasteiger partial charge in [-0.15, -0.1) is 0 Å². The normalized spacial score (nSPS) is 11.3. The number of hydrogen-bond acceptors (Lipinski definition) is 1. The maximum Gasteiger partial charge on any atom is 0.249 e. The first kappa shape index (κ1) is 15.5. The maximum absolute atomic E-state index is 11.9. The van der Waals surface area contributed by atoms with Crippen LogP contribution in [0.15, 0.2) is 60.7 Å². The van der Waals surface area contributed by atoms with Gasteiger partial charge in [0, 0.05) is 28.4 Å². The van der Waals surface area contributed by atoms with Crippen LogP contribution in [0, 0.1) is 13.8 Å². The van der Waals surface area contributed by atoms with Crippen molar-refractivity contribution >= 4 is 27.7 Å². The molecular formula is C22H20N2O. The van der Waals surface area contributed by atoms with Crippen molar-refractivity contribution in [3.63, 3.8) is 0 Å². The number of carbonyl (C=O) groups is 1. The van der Waals surface area contributed by atoms with Gasteiger partial charge in [0.15, 0.2) is 0 Å². The van der Waals surface area contributed by atoms with Crippen LogP contribution in [0.5, 0.6) is 0 Å². The summed E-state index contributed by atoms with van der Waals surface area (Å²) in [6.07, 6.45) is 0. The van der Waals surface area contributed by atoms with Gasteiger partial charge in [0.2, 0.25) is 5.91 Å². The van der Waals surface area contributed by atoms with Gasteiger partial charge in [-0.3, -0.25) is 4.79 Å². The van der Waals surface area contributed by atoms with Gasteiger partial charge in [-0.05, 0) is 48.7 Å². The van der Waals surface area contributed by atoms with Crippen LogP contribution >= 0.6 is 0 Å². The van der Waals surface area contributed by atoms with Gasteiger partial charge in [-0.25, -0.2) is 0 Å². The van der Waals surface area contributed by atoms with Crippen LogP contribution in [0.2, 0.25) is 0 Å². The number of primary amides is 1. The molecule has 1 aromatic heterocycles. The van der Waals surface area contributed by atoms with Crippen LogP contribution in [-0.2, 0) is 6.54 Å². The largest absolute Gasteiger partial charge is 0.366 e. The quantitative estimate of drug-likeness (QED) is 0.589. The highest BCUT2D eigenvalue weighted by molar-refractivity contribution is 6.17. The Labute approximate surface area is 146 Å². The summed E-state index contributed by atoms with van der Waals surface area (Å²) in [5.41, 5.74) is 12.2. The summed E-state index contributed by atoms with van der Waals surface area (Å²) in [6.45, 7) is 5.06. The zero-order valence-electron chi connectivity index (χ0n) is 14.4. The number of rotatable bonds is 3. The summed E-state index contributed by atoms with van der Waals surface area (Å²) < 4.78 is 2.28. The number of fused-ring (bicyclic) bond motifs is 3. The van der Waals surface area contributed by atoms with Crippen LogP contribution in [0.4, 0.5) is 0 Å². The molecule has 1 heterocycles. The van der Waals surface area contributed by atoms with E-state index in [0.29, 0.717) is 5.56 Å². The Bertz CT molecular complexity index is 1120. The van der Waals surface area contributed by atoms with Crippen molar-refractivity contribution < 1.29 is 4.79 Å². The SMILES string of the molecule is Cc1cccc(Cn2c3ccccc3c3c(C(N)=O)cccc32)c1C. The molecule has 3 heteroatoms. The van der Waals surface area contributed by atoms with Gasteiger partial charge in [-0.2, -0.15) is 0 Å². The number of nitrogens with two attached hydrogens (primary N) is 1. The van der Waals surface area contributed by atoms with Crippen LogP contribution in [0.25, 0.3) is 21.8 Å². The fraction of sp³-hybridized carbons (Fsp3) is 0.136. The van der Waals surface area contributed by atoms with Gasteiger partial charge in [0.05, 0.1) is 5.52 Å². The summed E-state index contributed by atoms with van der Waals surface area (Å²) in [7, 11) is 0. The second-order valence-corrected chi connectivity index (χ2v) is 6.53. The summed E-state index contributed by atoms with van der Waals surface area (Å²) in [5, 5.41) is 2.01. The summed E-state index contributed by atoms with van der Waals surface area (Å²) >= 11 is 0. The highest BCUT2D eigenvalue weighted by atomic mass is 16.1. The number of hydrogen-bond donors (Lipinski definition) is 1. The standard InChI is InChI=1S/C22H20N2O/c1-14-7-5-8-16(15(14)2)13-24-19-11-4-3-9-17(19)21-18(22(23)25)10-6-12-20(21)24/h3-12H,13H2,1-2H3,(H2,23,25). The lowest BCUT2D eigenvalue weighted by atomic mass is 10.0. The van der Waals surface area contributed by atoms with Crippen molar-refractivity contribution in [2.45, 2.75) is 20.4 Å².